The number of benzene rings is 2. The predicted molar refractivity (Wildman–Crippen MR) is 137 cm³/mol. The van der Waals surface area contributed by atoms with E-state index in [0.29, 0.717) is 11.1 Å². The Labute approximate surface area is 200 Å². The van der Waals surface area contributed by atoms with Gasteiger partial charge in [-0.1, -0.05) is 24.3 Å². The van der Waals surface area contributed by atoms with Crippen molar-refractivity contribution in [3.8, 4) is 5.75 Å². The molecule has 4 N–H and O–H groups in total. The lowest BCUT2D eigenvalue weighted by atomic mass is 10.0. The highest BCUT2D eigenvalue weighted by atomic mass is 16.5. The van der Waals surface area contributed by atoms with E-state index in [-0.39, 0.29) is 11.9 Å². The van der Waals surface area contributed by atoms with E-state index in [9.17, 15) is 4.79 Å². The number of hydrogen-bond acceptors (Lipinski definition) is 5. The number of nitrogens with zero attached hydrogens (tertiary/aromatic N) is 2. The third-order valence-electron chi connectivity index (χ3n) is 6.59. The van der Waals surface area contributed by atoms with Crippen molar-refractivity contribution in [1.82, 2.24) is 14.8 Å². The van der Waals surface area contributed by atoms with Crippen LogP contribution in [0.4, 0.5) is 0 Å². The van der Waals surface area contributed by atoms with E-state index in [1.165, 1.54) is 25.3 Å². The summed E-state index contributed by atoms with van der Waals surface area (Å²) in [7, 11) is 1.64. The van der Waals surface area contributed by atoms with Gasteiger partial charge >= 0.3 is 0 Å². The lowest BCUT2D eigenvalue weighted by Crippen LogP contribution is -2.26. The fourth-order valence-electron chi connectivity index (χ4n) is 4.59. The van der Waals surface area contributed by atoms with E-state index in [4.69, 9.17) is 15.9 Å². The first-order chi connectivity index (χ1) is 16.5. The first-order valence-electron chi connectivity index (χ1n) is 11.8. The quantitative estimate of drug-likeness (QED) is 0.418. The number of allylic oxidation sites excluding steroid dienone is 1. The molecule has 1 saturated heterocycles. The standard InChI is InChI=1S/C27H33N5O2/c1-19(20-6-5-7-23(14-20)34-2)30-27(33)25-18-32(13-12-31-10-3-4-11-31)26-15-21(8-9-24(25)26)22(16-28)17-29/h5-9,14-19,28H,3-4,10-13,29H2,1-2H3,(H,30,33)/b22-17+,28-16?. The molecule has 1 aliphatic heterocycles. The minimum Gasteiger partial charge on any atom is -0.497 e. The van der Waals surface area contributed by atoms with Crippen LogP contribution in [0.1, 0.15) is 47.3 Å². The van der Waals surface area contributed by atoms with Crippen LogP contribution in [0.25, 0.3) is 16.5 Å². The van der Waals surface area contributed by atoms with E-state index >= 15 is 0 Å². The molecule has 34 heavy (non-hydrogen) atoms. The molecular formula is C27H33N5O2. The van der Waals surface area contributed by atoms with Crippen molar-refractivity contribution >= 4 is 28.6 Å². The molecule has 0 spiro atoms. The summed E-state index contributed by atoms with van der Waals surface area (Å²) in [6.07, 6.45) is 7.14. The van der Waals surface area contributed by atoms with Crippen LogP contribution in [0.15, 0.2) is 54.9 Å². The van der Waals surface area contributed by atoms with Crippen molar-refractivity contribution in [2.24, 2.45) is 5.73 Å². The summed E-state index contributed by atoms with van der Waals surface area (Å²) in [6.45, 7) is 5.97. The minimum atomic E-state index is -0.172. The summed E-state index contributed by atoms with van der Waals surface area (Å²) < 4.78 is 7.48. The number of carbonyl (C=O) groups excluding carboxylic acids is 1. The highest BCUT2D eigenvalue weighted by molar-refractivity contribution is 6.11. The van der Waals surface area contributed by atoms with Gasteiger partial charge in [-0.05, 0) is 62.2 Å². The Balaban J connectivity index is 1.64. The molecule has 1 amide bonds. The summed E-state index contributed by atoms with van der Waals surface area (Å²) in [5, 5.41) is 11.7. The van der Waals surface area contributed by atoms with Crippen LogP contribution in [0.5, 0.6) is 5.75 Å². The Kier molecular flexibility index (Phi) is 7.33. The molecule has 7 nitrogen and oxygen atoms in total. The normalized spacial score (nSPS) is 15.4. The molecule has 2 heterocycles. The van der Waals surface area contributed by atoms with Gasteiger partial charge in [0.25, 0.3) is 5.91 Å². The molecule has 3 aromatic rings. The second-order valence-corrected chi connectivity index (χ2v) is 8.75. The van der Waals surface area contributed by atoms with Gasteiger partial charge in [0.15, 0.2) is 0 Å². The highest BCUT2D eigenvalue weighted by Gasteiger charge is 2.19. The fourth-order valence-corrected chi connectivity index (χ4v) is 4.59. The van der Waals surface area contributed by atoms with Gasteiger partial charge in [-0.3, -0.25) is 4.79 Å². The molecule has 178 valence electrons. The molecule has 4 rings (SSSR count). The lowest BCUT2D eigenvalue weighted by Gasteiger charge is -2.15. The first kappa shape index (κ1) is 23.6. The van der Waals surface area contributed by atoms with Crippen LogP contribution in [0.3, 0.4) is 0 Å². The molecule has 0 saturated carbocycles. The summed E-state index contributed by atoms with van der Waals surface area (Å²) in [6, 6.07) is 13.5. The summed E-state index contributed by atoms with van der Waals surface area (Å²) >= 11 is 0. The molecular weight excluding hydrogens is 426 g/mol. The number of likely N-dealkylation sites (tertiary alicyclic amines) is 1. The molecule has 1 unspecified atom stereocenters. The van der Waals surface area contributed by atoms with Crippen LogP contribution in [-0.2, 0) is 6.54 Å². The Hall–Kier alpha value is -3.58. The summed E-state index contributed by atoms with van der Waals surface area (Å²) in [5.41, 5.74) is 9.83. The average Bonchev–Trinajstić information content (AvgIpc) is 3.51. The molecule has 0 aliphatic carbocycles. The third kappa shape index (κ3) is 4.99. The molecule has 0 bridgehead atoms. The number of methoxy groups -OCH3 is 1. The SMILES string of the molecule is COc1cccc(C(C)NC(=O)c2cn(CCN3CCCC3)c3cc(/C(C=N)=C/N)ccc23)c1. The molecule has 1 fully saturated rings. The van der Waals surface area contributed by atoms with Crippen molar-refractivity contribution in [2.45, 2.75) is 32.4 Å². The Morgan fingerprint density at radius 1 is 1.21 bits per heavy atom. The number of ether oxygens (including phenoxy) is 1. The van der Waals surface area contributed by atoms with Crippen LogP contribution in [0, 0.1) is 5.41 Å². The maximum atomic E-state index is 13.4. The van der Waals surface area contributed by atoms with E-state index in [2.05, 4.69) is 14.8 Å². The van der Waals surface area contributed by atoms with E-state index in [1.807, 2.05) is 55.6 Å². The highest BCUT2D eigenvalue weighted by Crippen LogP contribution is 2.27. The van der Waals surface area contributed by atoms with E-state index < -0.39 is 0 Å². The van der Waals surface area contributed by atoms with Gasteiger partial charge in [0.2, 0.25) is 0 Å². The second kappa shape index (κ2) is 10.6. The Bertz CT molecular complexity index is 1210. The zero-order valence-corrected chi connectivity index (χ0v) is 19.9. The second-order valence-electron chi connectivity index (χ2n) is 8.75. The number of rotatable bonds is 9. The number of hydrogen-bond donors (Lipinski definition) is 3. The van der Waals surface area contributed by atoms with Gasteiger partial charge in [0, 0.05) is 48.2 Å². The molecule has 1 aliphatic rings. The van der Waals surface area contributed by atoms with Crippen molar-refractivity contribution in [3.63, 3.8) is 0 Å². The van der Waals surface area contributed by atoms with Crippen LogP contribution >= 0.6 is 0 Å². The van der Waals surface area contributed by atoms with Crippen molar-refractivity contribution < 1.29 is 9.53 Å². The van der Waals surface area contributed by atoms with Crippen molar-refractivity contribution in [3.05, 3.63) is 71.6 Å². The average molecular weight is 460 g/mol. The number of aromatic nitrogens is 1. The van der Waals surface area contributed by atoms with Gasteiger partial charge in [-0.25, -0.2) is 0 Å². The minimum absolute atomic E-state index is 0.116. The zero-order valence-electron chi connectivity index (χ0n) is 19.9. The summed E-state index contributed by atoms with van der Waals surface area (Å²) in [4.78, 5) is 15.8. The number of amides is 1. The number of nitrogens with two attached hydrogens (primary N) is 1. The smallest absolute Gasteiger partial charge is 0.253 e. The lowest BCUT2D eigenvalue weighted by molar-refractivity contribution is 0.0941. The monoisotopic (exact) mass is 459 g/mol. The third-order valence-corrected chi connectivity index (χ3v) is 6.59. The van der Waals surface area contributed by atoms with Crippen LogP contribution < -0.4 is 15.8 Å². The van der Waals surface area contributed by atoms with Crippen molar-refractivity contribution in [1.29, 1.82) is 5.41 Å². The Morgan fingerprint density at radius 2 is 2.00 bits per heavy atom. The van der Waals surface area contributed by atoms with Gasteiger partial charge < -0.3 is 30.7 Å². The topological polar surface area (TPSA) is 96.4 Å². The fraction of sp³-hybridized carbons (Fsp3) is 0.333. The zero-order chi connectivity index (χ0) is 24.1. The molecule has 1 atom stereocenters. The van der Waals surface area contributed by atoms with Crippen LogP contribution in [-0.4, -0.2) is 48.3 Å². The molecule has 1 aromatic heterocycles. The molecule has 0 radical (unpaired) electrons. The van der Waals surface area contributed by atoms with Gasteiger partial charge in [-0.15, -0.1) is 0 Å². The van der Waals surface area contributed by atoms with E-state index in [0.717, 1.165) is 54.0 Å². The number of nitrogens with one attached hydrogen (secondary N) is 2. The largest absolute Gasteiger partial charge is 0.497 e. The molecule has 2 aromatic carbocycles. The summed E-state index contributed by atoms with van der Waals surface area (Å²) in [5.74, 6) is 0.647. The van der Waals surface area contributed by atoms with Gasteiger partial charge in [-0.2, -0.15) is 0 Å². The predicted octanol–water partition coefficient (Wildman–Crippen LogP) is 4.19. The van der Waals surface area contributed by atoms with Crippen molar-refractivity contribution in [2.75, 3.05) is 26.7 Å². The van der Waals surface area contributed by atoms with Crippen LogP contribution in [0.2, 0.25) is 0 Å². The maximum absolute atomic E-state index is 13.4. The first-order valence-corrected chi connectivity index (χ1v) is 11.8. The number of carbonyl (C=O) groups is 1. The Morgan fingerprint density at radius 3 is 2.71 bits per heavy atom. The number of fused-ring (bicyclic) bond motifs is 1. The van der Waals surface area contributed by atoms with Gasteiger partial charge in [0.05, 0.1) is 18.7 Å². The van der Waals surface area contributed by atoms with Gasteiger partial charge in [0.1, 0.15) is 5.75 Å². The van der Waals surface area contributed by atoms with E-state index in [1.54, 1.807) is 7.11 Å². The molecule has 7 heteroatoms. The maximum Gasteiger partial charge on any atom is 0.253 e.